The van der Waals surface area contributed by atoms with Crippen LogP contribution in [-0.2, 0) is 4.79 Å². The van der Waals surface area contributed by atoms with Crippen LogP contribution >= 0.6 is 11.8 Å². The maximum absolute atomic E-state index is 12.3. The molecule has 0 spiro atoms. The molecule has 0 atom stereocenters. The first-order chi connectivity index (χ1) is 12.3. The van der Waals surface area contributed by atoms with Crippen LogP contribution in [0.25, 0.3) is 6.08 Å². The van der Waals surface area contributed by atoms with E-state index >= 15 is 0 Å². The Morgan fingerprint density at radius 2 is 2.04 bits per heavy atom. The number of fused-ring (bicyclic) bond motifs is 1. The molecule has 1 heterocycles. The number of hydrogen-bond donors (Lipinski definition) is 1. The molecule has 0 bridgehead atoms. The van der Waals surface area contributed by atoms with Crippen LogP contribution in [0.5, 0.6) is 11.5 Å². The van der Waals surface area contributed by atoms with Gasteiger partial charge >= 0.3 is 0 Å². The van der Waals surface area contributed by atoms with Crippen molar-refractivity contribution in [2.75, 3.05) is 25.5 Å². The number of hydrogen-bond acceptors (Lipinski definition) is 4. The highest BCUT2D eigenvalue weighted by molar-refractivity contribution is 7.99. The van der Waals surface area contributed by atoms with Gasteiger partial charge in [-0.15, -0.1) is 11.8 Å². The molecule has 0 saturated carbocycles. The summed E-state index contributed by atoms with van der Waals surface area (Å²) in [5.41, 5.74) is 1.51. The van der Waals surface area contributed by atoms with E-state index < -0.39 is 0 Å². The Morgan fingerprint density at radius 3 is 2.84 bits per heavy atom. The van der Waals surface area contributed by atoms with E-state index in [2.05, 4.69) is 17.4 Å². The van der Waals surface area contributed by atoms with E-state index in [9.17, 15) is 4.79 Å². The minimum Gasteiger partial charge on any atom is -0.490 e. The molecule has 1 aliphatic heterocycles. The van der Waals surface area contributed by atoms with E-state index in [1.54, 1.807) is 11.8 Å². The highest BCUT2D eigenvalue weighted by Crippen LogP contribution is 2.35. The van der Waals surface area contributed by atoms with Crippen LogP contribution in [0, 0.1) is 0 Å². The van der Waals surface area contributed by atoms with Crippen molar-refractivity contribution in [2.45, 2.75) is 11.8 Å². The van der Waals surface area contributed by atoms with Crippen LogP contribution in [0.1, 0.15) is 12.5 Å². The third kappa shape index (κ3) is 4.57. The van der Waals surface area contributed by atoms with Gasteiger partial charge in [-0.3, -0.25) is 4.79 Å². The highest BCUT2D eigenvalue weighted by Gasteiger charge is 2.19. The molecule has 0 fully saturated rings. The molecule has 0 aliphatic carbocycles. The van der Waals surface area contributed by atoms with Crippen molar-refractivity contribution in [2.24, 2.45) is 0 Å². The predicted molar refractivity (Wildman–Crippen MR) is 101 cm³/mol. The summed E-state index contributed by atoms with van der Waals surface area (Å²) in [6.45, 7) is 3.39. The quantitative estimate of drug-likeness (QED) is 0.607. The molecule has 0 aromatic heterocycles. The number of amides is 1. The van der Waals surface area contributed by atoms with Crippen LogP contribution in [-0.4, -0.2) is 31.4 Å². The number of para-hydroxylation sites is 1. The van der Waals surface area contributed by atoms with Gasteiger partial charge in [0.05, 0.1) is 12.2 Å². The Bertz CT molecular complexity index is 759. The summed E-state index contributed by atoms with van der Waals surface area (Å²) >= 11 is 1.72. The number of nitrogens with one attached hydrogen (secondary N) is 1. The number of thioether (sulfide) groups is 1. The van der Waals surface area contributed by atoms with Crippen LogP contribution in [0.2, 0.25) is 0 Å². The van der Waals surface area contributed by atoms with Gasteiger partial charge in [0, 0.05) is 22.8 Å². The molecule has 0 saturated heterocycles. The van der Waals surface area contributed by atoms with Gasteiger partial charge in [-0.1, -0.05) is 30.3 Å². The monoisotopic (exact) mass is 355 g/mol. The maximum Gasteiger partial charge on any atom is 0.250 e. The first kappa shape index (κ1) is 17.4. The molecule has 2 aromatic rings. The molecule has 25 heavy (non-hydrogen) atoms. The Kier molecular flexibility index (Phi) is 6.01. The van der Waals surface area contributed by atoms with E-state index in [0.717, 1.165) is 17.1 Å². The fraction of sp³-hybridized carbons (Fsp3) is 0.250. The minimum atomic E-state index is -0.0823. The van der Waals surface area contributed by atoms with Crippen molar-refractivity contribution < 1.29 is 14.3 Å². The topological polar surface area (TPSA) is 47.6 Å². The first-order valence-electron chi connectivity index (χ1n) is 8.33. The summed E-state index contributed by atoms with van der Waals surface area (Å²) in [5, 5.41) is 2.95. The van der Waals surface area contributed by atoms with Crippen molar-refractivity contribution in [1.29, 1.82) is 0 Å². The average molecular weight is 355 g/mol. The Labute approximate surface area is 152 Å². The van der Waals surface area contributed by atoms with Crippen molar-refractivity contribution in [3.63, 3.8) is 0 Å². The molecular weight excluding hydrogens is 334 g/mol. The van der Waals surface area contributed by atoms with Gasteiger partial charge in [-0.25, -0.2) is 0 Å². The fourth-order valence-corrected chi connectivity index (χ4v) is 3.33. The van der Waals surface area contributed by atoms with Crippen LogP contribution in [0.4, 0.5) is 0 Å². The Morgan fingerprint density at radius 1 is 1.20 bits per heavy atom. The summed E-state index contributed by atoms with van der Waals surface area (Å²) in [5.74, 6) is 2.17. The summed E-state index contributed by atoms with van der Waals surface area (Å²) in [6, 6.07) is 15.9. The lowest BCUT2D eigenvalue weighted by Gasteiger charge is -2.20. The normalized spacial score (nSPS) is 12.6. The number of carbonyl (C=O) groups is 1. The summed E-state index contributed by atoms with van der Waals surface area (Å²) in [4.78, 5) is 13.5. The van der Waals surface area contributed by atoms with Gasteiger partial charge in [0.25, 0.3) is 5.91 Å². The predicted octanol–water partition coefficient (Wildman–Crippen LogP) is 3.77. The van der Waals surface area contributed by atoms with E-state index in [0.29, 0.717) is 24.5 Å². The molecule has 0 radical (unpaired) electrons. The SMILES string of the molecule is CCOc1cccc2c1OCC(C(=O)NCCSc1ccccc1)=C2. The smallest absolute Gasteiger partial charge is 0.250 e. The molecule has 0 unspecified atom stereocenters. The van der Waals surface area contributed by atoms with Crippen molar-refractivity contribution in [1.82, 2.24) is 5.32 Å². The van der Waals surface area contributed by atoms with Gasteiger partial charge in [-0.05, 0) is 31.2 Å². The van der Waals surface area contributed by atoms with Crippen LogP contribution in [0.15, 0.2) is 59.0 Å². The first-order valence-corrected chi connectivity index (χ1v) is 9.31. The second kappa shape index (κ2) is 8.62. The fourth-order valence-electron chi connectivity index (χ4n) is 2.54. The van der Waals surface area contributed by atoms with Crippen LogP contribution < -0.4 is 14.8 Å². The van der Waals surface area contributed by atoms with E-state index in [1.807, 2.05) is 49.4 Å². The standard InChI is InChI=1S/C20H21NO3S/c1-2-23-18-10-6-7-15-13-16(14-24-19(15)18)20(22)21-11-12-25-17-8-4-3-5-9-17/h3-10,13H,2,11-12,14H2,1H3,(H,21,22). The van der Waals surface area contributed by atoms with E-state index in [-0.39, 0.29) is 12.5 Å². The van der Waals surface area contributed by atoms with Gasteiger partial charge in [0.2, 0.25) is 0 Å². The second-order valence-corrected chi connectivity index (χ2v) is 6.65. The molecule has 130 valence electrons. The minimum absolute atomic E-state index is 0.0823. The summed E-state index contributed by atoms with van der Waals surface area (Å²) < 4.78 is 11.3. The number of rotatable bonds is 7. The molecule has 4 nitrogen and oxygen atoms in total. The van der Waals surface area contributed by atoms with Gasteiger partial charge in [0.15, 0.2) is 11.5 Å². The van der Waals surface area contributed by atoms with Gasteiger partial charge in [-0.2, -0.15) is 0 Å². The molecule has 3 rings (SSSR count). The lowest BCUT2D eigenvalue weighted by atomic mass is 10.1. The maximum atomic E-state index is 12.3. The third-order valence-electron chi connectivity index (χ3n) is 3.70. The lowest BCUT2D eigenvalue weighted by Crippen LogP contribution is -2.30. The number of ether oxygens (including phenoxy) is 2. The third-order valence-corrected chi connectivity index (χ3v) is 4.72. The summed E-state index contributed by atoms with van der Waals surface area (Å²) in [7, 11) is 0. The van der Waals surface area contributed by atoms with Crippen molar-refractivity contribution >= 4 is 23.7 Å². The molecule has 1 amide bonds. The van der Waals surface area contributed by atoms with Crippen LogP contribution in [0.3, 0.4) is 0 Å². The molecule has 2 aromatic carbocycles. The lowest BCUT2D eigenvalue weighted by molar-refractivity contribution is -0.117. The second-order valence-electron chi connectivity index (χ2n) is 5.48. The van der Waals surface area contributed by atoms with Crippen molar-refractivity contribution in [3.8, 4) is 11.5 Å². The Balaban J connectivity index is 1.55. The number of carbonyl (C=O) groups excluding carboxylic acids is 1. The average Bonchev–Trinajstić information content (AvgIpc) is 2.66. The molecule has 1 aliphatic rings. The number of benzene rings is 2. The zero-order chi connectivity index (χ0) is 17.5. The zero-order valence-electron chi connectivity index (χ0n) is 14.2. The Hall–Kier alpha value is -2.40. The highest BCUT2D eigenvalue weighted by atomic mass is 32.2. The summed E-state index contributed by atoms with van der Waals surface area (Å²) in [6.07, 6.45) is 1.88. The van der Waals surface area contributed by atoms with E-state index in [4.69, 9.17) is 9.47 Å². The molecular formula is C20H21NO3S. The van der Waals surface area contributed by atoms with E-state index in [1.165, 1.54) is 4.90 Å². The van der Waals surface area contributed by atoms with Gasteiger partial charge < -0.3 is 14.8 Å². The van der Waals surface area contributed by atoms with Crippen molar-refractivity contribution in [3.05, 3.63) is 59.7 Å². The largest absolute Gasteiger partial charge is 0.490 e. The molecule has 1 N–H and O–H groups in total. The molecule has 5 heteroatoms. The zero-order valence-corrected chi connectivity index (χ0v) is 15.0. The van der Waals surface area contributed by atoms with Gasteiger partial charge in [0.1, 0.15) is 6.61 Å².